The molecule has 1 atom stereocenters. The summed E-state index contributed by atoms with van der Waals surface area (Å²) in [6.45, 7) is 3.25. The van der Waals surface area contributed by atoms with Crippen LogP contribution in [0.15, 0.2) is 18.2 Å². The van der Waals surface area contributed by atoms with Crippen LogP contribution in [0.1, 0.15) is 24.9 Å². The Morgan fingerprint density at radius 1 is 1.35 bits per heavy atom. The van der Waals surface area contributed by atoms with Gasteiger partial charge in [-0.25, -0.2) is 4.68 Å². The van der Waals surface area contributed by atoms with E-state index in [2.05, 4.69) is 15.5 Å². The Labute approximate surface area is 113 Å². The molecule has 0 saturated carbocycles. The zero-order chi connectivity index (χ0) is 14.9. The number of nitrogen functional groups attached to an aromatic ring is 1. The second-order valence-electron chi connectivity index (χ2n) is 4.69. The second-order valence-corrected chi connectivity index (χ2v) is 4.69. The Bertz CT molecular complexity index is 605. The molecular formula is C12H14F3N5. The Hall–Kier alpha value is -2.12. The Balaban J connectivity index is 2.40. The van der Waals surface area contributed by atoms with Gasteiger partial charge in [0, 0.05) is 11.3 Å². The Morgan fingerprint density at radius 2 is 2.05 bits per heavy atom. The molecule has 0 saturated heterocycles. The zero-order valence-electron chi connectivity index (χ0n) is 11.0. The third-order valence-corrected chi connectivity index (χ3v) is 2.94. The topological polar surface area (TPSA) is 69.6 Å². The molecule has 2 N–H and O–H groups in total. The van der Waals surface area contributed by atoms with E-state index in [0.29, 0.717) is 11.3 Å². The van der Waals surface area contributed by atoms with Gasteiger partial charge in [0.2, 0.25) is 0 Å². The van der Waals surface area contributed by atoms with Gasteiger partial charge in [0.1, 0.15) is 0 Å². The molecule has 0 aliphatic carbocycles. The van der Waals surface area contributed by atoms with Crippen molar-refractivity contribution in [2.24, 2.45) is 0 Å². The molecular weight excluding hydrogens is 271 g/mol. The number of nitrogens with zero attached hydrogens (tertiary/aromatic N) is 4. The van der Waals surface area contributed by atoms with E-state index in [1.54, 1.807) is 18.2 Å². The van der Waals surface area contributed by atoms with E-state index in [-0.39, 0.29) is 5.82 Å². The lowest BCUT2D eigenvalue weighted by Gasteiger charge is -2.16. The molecule has 108 valence electrons. The van der Waals surface area contributed by atoms with E-state index in [9.17, 15) is 13.2 Å². The number of hydrogen-bond acceptors (Lipinski definition) is 4. The van der Waals surface area contributed by atoms with Crippen LogP contribution in [-0.2, 0) is 0 Å². The lowest BCUT2D eigenvalue weighted by atomic mass is 10.1. The molecule has 0 amide bonds. The molecule has 0 radical (unpaired) electrons. The molecule has 1 unspecified atom stereocenters. The average Bonchev–Trinajstić information content (AvgIpc) is 2.79. The van der Waals surface area contributed by atoms with Crippen LogP contribution in [-0.4, -0.2) is 26.4 Å². The summed E-state index contributed by atoms with van der Waals surface area (Å²) in [5, 5.41) is 11.0. The largest absolute Gasteiger partial charge is 0.399 e. The number of halogens is 3. The van der Waals surface area contributed by atoms with Crippen LogP contribution in [0.5, 0.6) is 0 Å². The monoisotopic (exact) mass is 285 g/mol. The van der Waals surface area contributed by atoms with Gasteiger partial charge in [-0.1, -0.05) is 6.07 Å². The van der Waals surface area contributed by atoms with Gasteiger partial charge >= 0.3 is 6.18 Å². The van der Waals surface area contributed by atoms with Crippen molar-refractivity contribution >= 4 is 5.69 Å². The van der Waals surface area contributed by atoms with E-state index < -0.39 is 18.6 Å². The molecule has 1 aromatic heterocycles. The molecule has 1 aromatic carbocycles. The van der Waals surface area contributed by atoms with Crippen molar-refractivity contribution in [2.45, 2.75) is 32.5 Å². The average molecular weight is 285 g/mol. The maximum Gasteiger partial charge on any atom is 0.391 e. The van der Waals surface area contributed by atoms with Crippen molar-refractivity contribution in [3.63, 3.8) is 0 Å². The Kier molecular flexibility index (Phi) is 3.65. The highest BCUT2D eigenvalue weighted by molar-refractivity contribution is 5.65. The van der Waals surface area contributed by atoms with E-state index in [1.165, 1.54) is 11.6 Å². The summed E-state index contributed by atoms with van der Waals surface area (Å²) in [6.07, 6.45) is -5.26. The predicted octanol–water partition coefficient (Wildman–Crippen LogP) is 2.74. The van der Waals surface area contributed by atoms with Gasteiger partial charge in [-0.2, -0.15) is 13.2 Å². The van der Waals surface area contributed by atoms with E-state index >= 15 is 0 Å². The summed E-state index contributed by atoms with van der Waals surface area (Å²) in [5.74, 6) is 0.284. The van der Waals surface area contributed by atoms with Crippen molar-refractivity contribution in [2.75, 3.05) is 5.73 Å². The fraction of sp³-hybridized carbons (Fsp3) is 0.417. The molecule has 5 nitrogen and oxygen atoms in total. The van der Waals surface area contributed by atoms with Gasteiger partial charge in [-0.05, 0) is 42.0 Å². The maximum absolute atomic E-state index is 12.5. The van der Waals surface area contributed by atoms with Crippen LogP contribution < -0.4 is 5.73 Å². The van der Waals surface area contributed by atoms with Crippen LogP contribution in [0.3, 0.4) is 0 Å². The third kappa shape index (κ3) is 3.06. The van der Waals surface area contributed by atoms with E-state index in [1.807, 2.05) is 6.92 Å². The van der Waals surface area contributed by atoms with Gasteiger partial charge in [0.05, 0.1) is 12.5 Å². The first-order chi connectivity index (χ1) is 9.28. The molecule has 1 heterocycles. The molecule has 2 rings (SSSR count). The van der Waals surface area contributed by atoms with Gasteiger partial charge in [0.15, 0.2) is 5.82 Å². The van der Waals surface area contributed by atoms with Gasteiger partial charge in [-0.15, -0.1) is 5.10 Å². The summed E-state index contributed by atoms with van der Waals surface area (Å²) < 4.78 is 38.6. The molecule has 0 bridgehead atoms. The quantitative estimate of drug-likeness (QED) is 0.880. The van der Waals surface area contributed by atoms with Crippen LogP contribution >= 0.6 is 0 Å². The summed E-state index contributed by atoms with van der Waals surface area (Å²) in [4.78, 5) is 0. The van der Waals surface area contributed by atoms with E-state index in [4.69, 9.17) is 5.73 Å². The van der Waals surface area contributed by atoms with Crippen LogP contribution in [0.25, 0.3) is 11.4 Å². The highest BCUT2D eigenvalue weighted by atomic mass is 19.4. The fourth-order valence-corrected chi connectivity index (χ4v) is 1.97. The van der Waals surface area contributed by atoms with Crippen LogP contribution in [0, 0.1) is 6.92 Å². The van der Waals surface area contributed by atoms with Crippen molar-refractivity contribution in [3.05, 3.63) is 23.8 Å². The van der Waals surface area contributed by atoms with Crippen molar-refractivity contribution in [3.8, 4) is 11.4 Å². The normalized spacial score (nSPS) is 13.4. The van der Waals surface area contributed by atoms with Crippen molar-refractivity contribution in [1.82, 2.24) is 20.2 Å². The highest BCUT2D eigenvalue weighted by Gasteiger charge is 2.32. The van der Waals surface area contributed by atoms with Crippen LogP contribution in [0.4, 0.5) is 18.9 Å². The molecule has 0 aliphatic heterocycles. The Morgan fingerprint density at radius 3 is 2.70 bits per heavy atom. The molecule has 2 aromatic rings. The number of aryl methyl sites for hydroxylation is 1. The summed E-state index contributed by atoms with van der Waals surface area (Å²) in [7, 11) is 0. The van der Waals surface area contributed by atoms with Crippen molar-refractivity contribution in [1.29, 1.82) is 0 Å². The lowest BCUT2D eigenvalue weighted by molar-refractivity contribution is -0.142. The smallest absolute Gasteiger partial charge is 0.391 e. The first kappa shape index (κ1) is 14.3. The number of anilines is 1. The number of rotatable bonds is 3. The fourth-order valence-electron chi connectivity index (χ4n) is 1.97. The first-order valence-corrected chi connectivity index (χ1v) is 5.99. The highest BCUT2D eigenvalue weighted by Crippen LogP contribution is 2.30. The zero-order valence-corrected chi connectivity index (χ0v) is 11.0. The summed E-state index contributed by atoms with van der Waals surface area (Å²) >= 11 is 0. The molecule has 0 spiro atoms. The number of hydrogen-bond donors (Lipinski definition) is 1. The standard InChI is InChI=1S/C12H14F3N5/c1-7-3-4-9(16)5-10(7)11-17-18-19-20(11)8(2)6-12(13,14)15/h3-5,8H,6,16H2,1-2H3. The molecule has 0 aliphatic rings. The minimum Gasteiger partial charge on any atom is -0.399 e. The predicted molar refractivity (Wildman–Crippen MR) is 67.8 cm³/mol. The van der Waals surface area contributed by atoms with Gasteiger partial charge in [-0.3, -0.25) is 0 Å². The third-order valence-electron chi connectivity index (χ3n) is 2.94. The summed E-state index contributed by atoms with van der Waals surface area (Å²) in [5.41, 5.74) is 7.68. The number of nitrogens with two attached hydrogens (primary N) is 1. The SMILES string of the molecule is Cc1ccc(N)cc1-c1nnnn1C(C)CC(F)(F)F. The minimum atomic E-state index is -4.27. The molecule has 20 heavy (non-hydrogen) atoms. The van der Waals surface area contributed by atoms with Crippen LogP contribution in [0.2, 0.25) is 0 Å². The number of benzene rings is 1. The maximum atomic E-state index is 12.5. The van der Waals surface area contributed by atoms with Gasteiger partial charge in [0.25, 0.3) is 0 Å². The minimum absolute atomic E-state index is 0.284. The van der Waals surface area contributed by atoms with Crippen molar-refractivity contribution < 1.29 is 13.2 Å². The number of aromatic nitrogens is 4. The number of alkyl halides is 3. The lowest BCUT2D eigenvalue weighted by Crippen LogP contribution is -2.18. The molecule has 0 fully saturated rings. The molecule has 8 heteroatoms. The van der Waals surface area contributed by atoms with Gasteiger partial charge < -0.3 is 5.73 Å². The number of tetrazole rings is 1. The van der Waals surface area contributed by atoms with E-state index in [0.717, 1.165) is 5.56 Å². The summed E-state index contributed by atoms with van der Waals surface area (Å²) in [6, 6.07) is 4.25. The first-order valence-electron chi connectivity index (χ1n) is 5.99. The second kappa shape index (κ2) is 5.10.